The van der Waals surface area contributed by atoms with Crippen LogP contribution in [0.1, 0.15) is 37.4 Å². The number of hydrogen-bond acceptors (Lipinski definition) is 2. The van der Waals surface area contributed by atoms with Crippen LogP contribution >= 0.6 is 0 Å². The molecule has 4 heteroatoms. The molecule has 0 spiro atoms. The molecular weight excluding hydrogens is 224 g/mol. The van der Waals surface area contributed by atoms with E-state index in [1.54, 1.807) is 6.92 Å². The Morgan fingerprint density at radius 2 is 2.12 bits per heavy atom. The first-order chi connectivity index (χ1) is 8.00. The molecular formula is C13H17F2NO. The first-order valence-corrected chi connectivity index (χ1v) is 5.88. The van der Waals surface area contributed by atoms with Crippen molar-refractivity contribution in [2.24, 2.45) is 0 Å². The summed E-state index contributed by atoms with van der Waals surface area (Å²) in [5.41, 5.74) is 0.983. The zero-order chi connectivity index (χ0) is 12.6. The summed E-state index contributed by atoms with van der Waals surface area (Å²) in [6, 6.07) is 1.23. The molecule has 2 rings (SSSR count). The van der Waals surface area contributed by atoms with Crippen LogP contribution in [0.3, 0.4) is 0 Å². The molecule has 1 atom stereocenters. The summed E-state index contributed by atoms with van der Waals surface area (Å²) < 4.78 is 32.7. The molecule has 1 unspecified atom stereocenters. The van der Waals surface area contributed by atoms with Gasteiger partial charge in [0.05, 0.1) is 12.2 Å². The summed E-state index contributed by atoms with van der Waals surface area (Å²) in [4.78, 5) is 0. The number of nitrogens with one attached hydrogen (secondary N) is 1. The minimum Gasteiger partial charge on any atom is -0.493 e. The molecule has 0 aliphatic carbocycles. The molecule has 0 radical (unpaired) electrons. The number of ether oxygens (including phenoxy) is 1. The van der Waals surface area contributed by atoms with E-state index in [1.165, 1.54) is 6.07 Å². The highest BCUT2D eigenvalue weighted by molar-refractivity contribution is 5.45. The Labute approximate surface area is 100.0 Å². The summed E-state index contributed by atoms with van der Waals surface area (Å²) in [6.45, 7) is 6.24. The van der Waals surface area contributed by atoms with Crippen LogP contribution in [0.2, 0.25) is 0 Å². The lowest BCUT2D eigenvalue weighted by Gasteiger charge is -2.29. The average molecular weight is 241 g/mol. The Morgan fingerprint density at radius 3 is 2.76 bits per heavy atom. The van der Waals surface area contributed by atoms with Gasteiger partial charge in [0.15, 0.2) is 11.6 Å². The monoisotopic (exact) mass is 241 g/mol. The normalized spacial score (nSPS) is 19.1. The standard InChI is InChI=1S/C13H17F2NO/c1-7(2)16-10-4-5-17-13-8(3)6-9(14)12(15)11(10)13/h6-7,10,16H,4-5H2,1-3H3. The first kappa shape index (κ1) is 12.3. The van der Waals surface area contributed by atoms with Crippen molar-refractivity contribution >= 4 is 0 Å². The van der Waals surface area contributed by atoms with E-state index in [0.717, 1.165) is 0 Å². The van der Waals surface area contributed by atoms with E-state index in [9.17, 15) is 8.78 Å². The highest BCUT2D eigenvalue weighted by atomic mass is 19.2. The largest absolute Gasteiger partial charge is 0.493 e. The molecule has 0 fully saturated rings. The fourth-order valence-electron chi connectivity index (χ4n) is 2.25. The summed E-state index contributed by atoms with van der Waals surface area (Å²) >= 11 is 0. The highest BCUT2D eigenvalue weighted by Gasteiger charge is 2.29. The van der Waals surface area contributed by atoms with Gasteiger partial charge in [0.25, 0.3) is 0 Å². The number of fused-ring (bicyclic) bond motifs is 1. The van der Waals surface area contributed by atoms with Crippen molar-refractivity contribution in [1.82, 2.24) is 5.32 Å². The summed E-state index contributed by atoms with van der Waals surface area (Å²) in [5, 5.41) is 3.25. The molecule has 1 aliphatic rings. The van der Waals surface area contributed by atoms with E-state index in [1.807, 2.05) is 13.8 Å². The van der Waals surface area contributed by atoms with Gasteiger partial charge in [-0.05, 0) is 18.6 Å². The zero-order valence-electron chi connectivity index (χ0n) is 10.3. The van der Waals surface area contributed by atoms with Crippen LogP contribution in [0, 0.1) is 18.6 Å². The van der Waals surface area contributed by atoms with Crippen molar-refractivity contribution in [3.05, 3.63) is 28.8 Å². The Bertz CT molecular complexity index is 432. The molecule has 1 heterocycles. The number of aryl methyl sites for hydroxylation is 1. The molecule has 1 N–H and O–H groups in total. The van der Waals surface area contributed by atoms with E-state index in [4.69, 9.17) is 4.74 Å². The van der Waals surface area contributed by atoms with Gasteiger partial charge in [-0.15, -0.1) is 0 Å². The fraction of sp³-hybridized carbons (Fsp3) is 0.538. The SMILES string of the molecule is Cc1cc(F)c(F)c2c1OCCC2NC(C)C. The molecule has 1 aromatic carbocycles. The lowest BCUT2D eigenvalue weighted by Crippen LogP contribution is -2.33. The predicted molar refractivity (Wildman–Crippen MR) is 62.2 cm³/mol. The molecule has 1 aliphatic heterocycles. The lowest BCUT2D eigenvalue weighted by molar-refractivity contribution is 0.238. The molecule has 0 amide bonds. The fourth-order valence-corrected chi connectivity index (χ4v) is 2.25. The van der Waals surface area contributed by atoms with Crippen molar-refractivity contribution in [2.75, 3.05) is 6.61 Å². The maximum absolute atomic E-state index is 13.9. The van der Waals surface area contributed by atoms with Gasteiger partial charge in [0.2, 0.25) is 0 Å². The van der Waals surface area contributed by atoms with E-state index in [-0.39, 0.29) is 12.1 Å². The first-order valence-electron chi connectivity index (χ1n) is 5.88. The third-order valence-electron chi connectivity index (χ3n) is 2.93. The molecule has 1 aromatic rings. The van der Waals surface area contributed by atoms with Gasteiger partial charge in [-0.25, -0.2) is 8.78 Å². The number of benzene rings is 1. The Balaban J connectivity index is 2.48. The quantitative estimate of drug-likeness (QED) is 0.859. The van der Waals surface area contributed by atoms with E-state index in [2.05, 4.69) is 5.32 Å². The highest BCUT2D eigenvalue weighted by Crippen LogP contribution is 2.38. The van der Waals surface area contributed by atoms with Crippen LogP contribution < -0.4 is 10.1 Å². The van der Waals surface area contributed by atoms with Gasteiger partial charge in [0.1, 0.15) is 5.75 Å². The number of hydrogen-bond donors (Lipinski definition) is 1. The van der Waals surface area contributed by atoms with Crippen molar-refractivity contribution in [3.8, 4) is 5.75 Å². The average Bonchev–Trinajstić information content (AvgIpc) is 2.25. The van der Waals surface area contributed by atoms with Gasteiger partial charge >= 0.3 is 0 Å². The second-order valence-corrected chi connectivity index (χ2v) is 4.74. The molecule has 0 saturated carbocycles. The predicted octanol–water partition coefficient (Wildman–Crippen LogP) is 3.09. The van der Waals surface area contributed by atoms with Crippen molar-refractivity contribution in [1.29, 1.82) is 0 Å². The Kier molecular flexibility index (Phi) is 3.33. The molecule has 0 aromatic heterocycles. The number of rotatable bonds is 2. The van der Waals surface area contributed by atoms with Crippen LogP contribution in [0.5, 0.6) is 5.75 Å². The maximum atomic E-state index is 13.9. The van der Waals surface area contributed by atoms with Crippen LogP contribution in [0.15, 0.2) is 6.07 Å². The van der Waals surface area contributed by atoms with E-state index < -0.39 is 11.6 Å². The Morgan fingerprint density at radius 1 is 1.41 bits per heavy atom. The van der Waals surface area contributed by atoms with Crippen molar-refractivity contribution in [3.63, 3.8) is 0 Å². The van der Waals surface area contributed by atoms with Gasteiger partial charge in [-0.1, -0.05) is 13.8 Å². The topological polar surface area (TPSA) is 21.3 Å². The third kappa shape index (κ3) is 2.27. The summed E-state index contributed by atoms with van der Waals surface area (Å²) in [7, 11) is 0. The summed E-state index contributed by atoms with van der Waals surface area (Å²) in [5.74, 6) is -1.10. The third-order valence-corrected chi connectivity index (χ3v) is 2.93. The van der Waals surface area contributed by atoms with Gasteiger partial charge in [-0.3, -0.25) is 0 Å². The van der Waals surface area contributed by atoms with E-state index >= 15 is 0 Å². The lowest BCUT2D eigenvalue weighted by atomic mass is 9.96. The molecule has 2 nitrogen and oxygen atoms in total. The van der Waals surface area contributed by atoms with Gasteiger partial charge in [-0.2, -0.15) is 0 Å². The van der Waals surface area contributed by atoms with Crippen LogP contribution in [-0.4, -0.2) is 12.6 Å². The minimum absolute atomic E-state index is 0.173. The smallest absolute Gasteiger partial charge is 0.167 e. The summed E-state index contributed by atoms with van der Waals surface area (Å²) in [6.07, 6.45) is 0.658. The van der Waals surface area contributed by atoms with Gasteiger partial charge in [0, 0.05) is 18.5 Å². The van der Waals surface area contributed by atoms with Crippen LogP contribution in [-0.2, 0) is 0 Å². The van der Waals surface area contributed by atoms with Crippen molar-refractivity contribution in [2.45, 2.75) is 39.3 Å². The van der Waals surface area contributed by atoms with Crippen LogP contribution in [0.25, 0.3) is 0 Å². The Hall–Kier alpha value is -1.16. The second-order valence-electron chi connectivity index (χ2n) is 4.74. The minimum atomic E-state index is -0.803. The molecule has 0 saturated heterocycles. The van der Waals surface area contributed by atoms with Crippen LogP contribution in [0.4, 0.5) is 8.78 Å². The number of halogens is 2. The molecule has 17 heavy (non-hydrogen) atoms. The van der Waals surface area contributed by atoms with E-state index in [0.29, 0.717) is 29.9 Å². The van der Waals surface area contributed by atoms with Gasteiger partial charge < -0.3 is 10.1 Å². The molecule has 94 valence electrons. The molecule has 0 bridgehead atoms. The second kappa shape index (κ2) is 4.61. The van der Waals surface area contributed by atoms with Crippen molar-refractivity contribution < 1.29 is 13.5 Å². The zero-order valence-corrected chi connectivity index (χ0v) is 10.3. The maximum Gasteiger partial charge on any atom is 0.167 e.